The second kappa shape index (κ2) is 9.61. The molecule has 3 aromatic rings. The lowest BCUT2D eigenvalue weighted by Gasteiger charge is -2.39. The van der Waals surface area contributed by atoms with Crippen molar-refractivity contribution in [1.82, 2.24) is 4.90 Å². The van der Waals surface area contributed by atoms with Gasteiger partial charge in [-0.25, -0.2) is 12.8 Å². The summed E-state index contributed by atoms with van der Waals surface area (Å²) in [5, 5.41) is 0.474. The highest BCUT2D eigenvalue weighted by Gasteiger charge is 2.34. The maximum atomic E-state index is 13.6. The van der Waals surface area contributed by atoms with E-state index in [1.54, 1.807) is 12.1 Å². The largest absolute Gasteiger partial charge is 0.299 e. The molecular formula is C25H26ClFN2O2S. The van der Waals surface area contributed by atoms with Crippen LogP contribution in [0.25, 0.3) is 0 Å². The summed E-state index contributed by atoms with van der Waals surface area (Å²) < 4.78 is 42.2. The number of hydrogen-bond acceptors (Lipinski definition) is 3. The molecule has 0 bridgehead atoms. The Balaban J connectivity index is 1.57. The molecule has 0 N–H and O–H groups in total. The van der Waals surface area contributed by atoms with Gasteiger partial charge in [0, 0.05) is 30.7 Å². The van der Waals surface area contributed by atoms with Crippen LogP contribution in [-0.2, 0) is 16.6 Å². The normalized spacial score (nSPS) is 15.6. The zero-order chi connectivity index (χ0) is 22.7. The van der Waals surface area contributed by atoms with Gasteiger partial charge in [-0.3, -0.25) is 9.21 Å². The van der Waals surface area contributed by atoms with Gasteiger partial charge < -0.3 is 0 Å². The van der Waals surface area contributed by atoms with Crippen molar-refractivity contribution < 1.29 is 12.8 Å². The van der Waals surface area contributed by atoms with Gasteiger partial charge in [-0.05, 0) is 73.9 Å². The van der Waals surface area contributed by atoms with Gasteiger partial charge in [-0.15, -0.1) is 0 Å². The molecule has 0 amide bonds. The van der Waals surface area contributed by atoms with Gasteiger partial charge in [0.05, 0.1) is 10.6 Å². The number of piperidine rings is 1. The minimum absolute atomic E-state index is 0.174. The molecule has 4 nitrogen and oxygen atoms in total. The number of benzene rings is 3. The fraction of sp³-hybridized carbons (Fsp3) is 0.280. The van der Waals surface area contributed by atoms with Crippen molar-refractivity contribution in [1.29, 1.82) is 0 Å². The number of sulfonamides is 1. The molecule has 1 aliphatic rings. The van der Waals surface area contributed by atoms with Gasteiger partial charge in [-0.2, -0.15) is 0 Å². The number of aryl methyl sites for hydroxylation is 1. The van der Waals surface area contributed by atoms with Crippen molar-refractivity contribution in [3.63, 3.8) is 0 Å². The van der Waals surface area contributed by atoms with Crippen LogP contribution in [0.3, 0.4) is 0 Å². The van der Waals surface area contributed by atoms with Gasteiger partial charge in [0.25, 0.3) is 10.0 Å². The van der Waals surface area contributed by atoms with Crippen LogP contribution in [0, 0.1) is 12.7 Å². The third-order valence-corrected chi connectivity index (χ3v) is 7.98. The molecule has 0 saturated carbocycles. The maximum absolute atomic E-state index is 13.6. The maximum Gasteiger partial charge on any atom is 0.264 e. The second-order valence-electron chi connectivity index (χ2n) is 8.23. The summed E-state index contributed by atoms with van der Waals surface area (Å²) >= 11 is 5.96. The Labute approximate surface area is 194 Å². The highest BCUT2D eigenvalue weighted by molar-refractivity contribution is 7.92. The van der Waals surface area contributed by atoms with E-state index < -0.39 is 15.8 Å². The minimum Gasteiger partial charge on any atom is -0.299 e. The SMILES string of the molecule is Cc1cccc(CN2CCC(N(c3ccc(F)cc3)S(=O)(=O)c3ccc(Cl)cc3)CC2)c1. The van der Waals surface area contributed by atoms with E-state index in [0.29, 0.717) is 23.6 Å². The van der Waals surface area contributed by atoms with Gasteiger partial charge in [0.2, 0.25) is 0 Å². The van der Waals surface area contributed by atoms with Crippen LogP contribution in [-0.4, -0.2) is 32.4 Å². The monoisotopic (exact) mass is 472 g/mol. The topological polar surface area (TPSA) is 40.6 Å². The van der Waals surface area contributed by atoms with Crippen LogP contribution >= 0.6 is 11.6 Å². The van der Waals surface area contributed by atoms with Crippen LogP contribution in [0.15, 0.2) is 77.7 Å². The van der Waals surface area contributed by atoms with Gasteiger partial charge in [0.15, 0.2) is 0 Å². The van der Waals surface area contributed by atoms with Crippen molar-refractivity contribution in [2.75, 3.05) is 17.4 Å². The average molecular weight is 473 g/mol. The summed E-state index contributed by atoms with van der Waals surface area (Å²) in [6.45, 7) is 4.49. The Morgan fingerprint density at radius 3 is 2.28 bits per heavy atom. The second-order valence-corrected chi connectivity index (χ2v) is 10.5. The average Bonchev–Trinajstić information content (AvgIpc) is 2.77. The summed E-state index contributed by atoms with van der Waals surface area (Å²) in [5.41, 5.74) is 2.96. The summed E-state index contributed by atoms with van der Waals surface area (Å²) in [7, 11) is -3.83. The Kier molecular flexibility index (Phi) is 6.84. The van der Waals surface area contributed by atoms with E-state index in [4.69, 9.17) is 11.6 Å². The predicted octanol–water partition coefficient (Wildman–Crippen LogP) is 5.65. The smallest absolute Gasteiger partial charge is 0.264 e. The molecule has 32 heavy (non-hydrogen) atoms. The number of nitrogens with zero attached hydrogens (tertiary/aromatic N) is 2. The van der Waals surface area contributed by atoms with Crippen LogP contribution in [0.4, 0.5) is 10.1 Å². The number of likely N-dealkylation sites (tertiary alicyclic amines) is 1. The molecular weight excluding hydrogens is 447 g/mol. The Morgan fingerprint density at radius 2 is 1.66 bits per heavy atom. The van der Waals surface area contributed by atoms with Crippen LogP contribution in [0.2, 0.25) is 5.02 Å². The highest BCUT2D eigenvalue weighted by atomic mass is 35.5. The molecule has 1 saturated heterocycles. The van der Waals surface area contributed by atoms with Gasteiger partial charge >= 0.3 is 0 Å². The summed E-state index contributed by atoms with van der Waals surface area (Å²) in [4.78, 5) is 2.52. The van der Waals surface area contributed by atoms with E-state index >= 15 is 0 Å². The number of hydrogen-bond donors (Lipinski definition) is 0. The fourth-order valence-corrected chi connectivity index (χ4v) is 6.07. The van der Waals surface area contributed by atoms with Crippen molar-refractivity contribution >= 4 is 27.3 Å². The van der Waals surface area contributed by atoms with E-state index in [1.165, 1.54) is 51.8 Å². The third-order valence-electron chi connectivity index (χ3n) is 5.83. The van der Waals surface area contributed by atoms with Crippen molar-refractivity contribution in [3.05, 3.63) is 94.8 Å². The Morgan fingerprint density at radius 1 is 1.00 bits per heavy atom. The van der Waals surface area contributed by atoms with Crippen molar-refractivity contribution in [2.24, 2.45) is 0 Å². The van der Waals surface area contributed by atoms with Crippen molar-refractivity contribution in [2.45, 2.75) is 37.2 Å². The zero-order valence-electron chi connectivity index (χ0n) is 17.9. The molecule has 0 aliphatic carbocycles. The first-order chi connectivity index (χ1) is 15.3. The quantitative estimate of drug-likeness (QED) is 0.465. The summed E-state index contributed by atoms with van der Waals surface area (Å²) in [6, 6.07) is 20.1. The van der Waals surface area contributed by atoms with Crippen LogP contribution in [0.5, 0.6) is 0 Å². The Bertz CT molecular complexity index is 1160. The molecule has 0 spiro atoms. The first-order valence-corrected chi connectivity index (χ1v) is 12.5. The molecule has 168 valence electrons. The molecule has 7 heteroatoms. The minimum atomic E-state index is -3.83. The molecule has 1 fully saturated rings. The van der Waals surface area contributed by atoms with Gasteiger partial charge in [0.1, 0.15) is 5.82 Å². The van der Waals surface area contributed by atoms with Gasteiger partial charge in [-0.1, -0.05) is 41.4 Å². The molecule has 0 unspecified atom stereocenters. The molecule has 0 aromatic heterocycles. The van der Waals surface area contributed by atoms with Crippen molar-refractivity contribution in [3.8, 4) is 0 Å². The zero-order valence-corrected chi connectivity index (χ0v) is 19.5. The predicted molar refractivity (Wildman–Crippen MR) is 127 cm³/mol. The lowest BCUT2D eigenvalue weighted by atomic mass is 10.0. The lowest BCUT2D eigenvalue weighted by Crippen LogP contribution is -2.47. The number of anilines is 1. The third kappa shape index (κ3) is 5.14. The van der Waals surface area contributed by atoms with E-state index in [0.717, 1.165) is 19.6 Å². The fourth-order valence-electron chi connectivity index (χ4n) is 4.23. The first-order valence-electron chi connectivity index (χ1n) is 10.7. The molecule has 4 rings (SSSR count). The number of rotatable bonds is 6. The molecule has 3 aromatic carbocycles. The molecule has 1 aliphatic heterocycles. The van der Waals surface area contributed by atoms with E-state index in [-0.39, 0.29) is 10.9 Å². The molecule has 0 radical (unpaired) electrons. The number of halogens is 2. The van der Waals surface area contributed by atoms with E-state index in [2.05, 4.69) is 36.1 Å². The molecule has 0 atom stereocenters. The van der Waals surface area contributed by atoms with E-state index in [9.17, 15) is 12.8 Å². The van der Waals surface area contributed by atoms with E-state index in [1.807, 2.05) is 0 Å². The summed E-state index contributed by atoms with van der Waals surface area (Å²) in [5.74, 6) is -0.398. The van der Waals surface area contributed by atoms with Crippen LogP contribution < -0.4 is 4.31 Å². The summed E-state index contributed by atoms with van der Waals surface area (Å²) in [6.07, 6.45) is 1.38. The first kappa shape index (κ1) is 22.8. The lowest BCUT2D eigenvalue weighted by molar-refractivity contribution is 0.206. The highest BCUT2D eigenvalue weighted by Crippen LogP contribution is 2.31. The van der Waals surface area contributed by atoms with Crippen LogP contribution in [0.1, 0.15) is 24.0 Å². The Hall–Kier alpha value is -2.41. The molecule has 1 heterocycles. The standard InChI is InChI=1S/C25H26ClFN2O2S/c1-19-3-2-4-20(17-19)18-28-15-13-24(14-16-28)29(23-9-7-22(27)8-10-23)32(30,31)25-11-5-21(26)6-12-25/h2-12,17,24H,13-16,18H2,1H3.